The highest BCUT2D eigenvalue weighted by Crippen LogP contribution is 2.16. The van der Waals surface area contributed by atoms with E-state index in [4.69, 9.17) is 9.84 Å². The maximum Gasteiger partial charge on any atom is 0.326 e. The first-order chi connectivity index (χ1) is 8.95. The zero-order valence-electron chi connectivity index (χ0n) is 10.8. The Hall–Kier alpha value is -1.40. The van der Waals surface area contributed by atoms with Crippen LogP contribution in [0, 0.1) is 6.92 Å². The van der Waals surface area contributed by atoms with E-state index in [9.17, 15) is 9.59 Å². The summed E-state index contributed by atoms with van der Waals surface area (Å²) < 4.78 is 5.60. The molecule has 1 aromatic carbocycles. The van der Waals surface area contributed by atoms with Gasteiger partial charge in [-0.05, 0) is 24.6 Å². The van der Waals surface area contributed by atoms with E-state index in [0.717, 1.165) is 10.0 Å². The number of methoxy groups -OCH3 is 1. The van der Waals surface area contributed by atoms with Gasteiger partial charge in [-0.25, -0.2) is 4.79 Å². The maximum absolute atomic E-state index is 12.1. The van der Waals surface area contributed by atoms with Gasteiger partial charge < -0.3 is 15.2 Å². The zero-order valence-corrected chi connectivity index (χ0v) is 12.4. The molecule has 1 unspecified atom stereocenters. The first kappa shape index (κ1) is 15.7. The van der Waals surface area contributed by atoms with Crippen LogP contribution in [0.4, 0.5) is 0 Å². The van der Waals surface area contributed by atoms with Crippen molar-refractivity contribution in [3.63, 3.8) is 0 Å². The van der Waals surface area contributed by atoms with Crippen LogP contribution in [0.2, 0.25) is 0 Å². The van der Waals surface area contributed by atoms with Crippen LogP contribution >= 0.6 is 15.9 Å². The molecule has 0 bridgehead atoms. The lowest BCUT2D eigenvalue weighted by Crippen LogP contribution is -2.41. The van der Waals surface area contributed by atoms with Gasteiger partial charge in [-0.3, -0.25) is 4.79 Å². The highest BCUT2D eigenvalue weighted by Gasteiger charge is 2.21. The molecular formula is C13H16BrNO4. The molecule has 1 atom stereocenters. The van der Waals surface area contributed by atoms with Crippen LogP contribution in [0.1, 0.15) is 22.3 Å². The summed E-state index contributed by atoms with van der Waals surface area (Å²) in [6, 6.07) is 4.33. The molecule has 0 aliphatic rings. The third-order valence-corrected chi connectivity index (χ3v) is 3.15. The van der Waals surface area contributed by atoms with Gasteiger partial charge in [-0.2, -0.15) is 0 Å². The third-order valence-electron chi connectivity index (χ3n) is 2.66. The minimum Gasteiger partial charge on any atom is -0.480 e. The average molecular weight is 330 g/mol. The van der Waals surface area contributed by atoms with E-state index in [0.29, 0.717) is 5.56 Å². The molecule has 104 valence electrons. The standard InChI is InChI=1S/C13H16BrNO4/c1-8-3-4-9(14)7-10(8)12(16)15-11(13(17)18)5-6-19-2/h3-4,7,11H,5-6H2,1-2H3,(H,15,16)(H,17,18). The molecule has 0 aliphatic carbocycles. The number of carbonyl (C=O) groups excluding carboxylic acids is 1. The lowest BCUT2D eigenvalue weighted by atomic mass is 10.1. The van der Waals surface area contributed by atoms with Gasteiger partial charge in [-0.1, -0.05) is 22.0 Å². The van der Waals surface area contributed by atoms with Gasteiger partial charge in [0.25, 0.3) is 5.91 Å². The van der Waals surface area contributed by atoms with Gasteiger partial charge in [0, 0.05) is 30.2 Å². The molecule has 0 saturated carbocycles. The largest absolute Gasteiger partial charge is 0.480 e. The molecule has 0 saturated heterocycles. The monoisotopic (exact) mass is 329 g/mol. The smallest absolute Gasteiger partial charge is 0.326 e. The van der Waals surface area contributed by atoms with E-state index < -0.39 is 17.9 Å². The molecule has 0 radical (unpaired) electrons. The number of benzene rings is 1. The number of aliphatic carboxylic acids is 1. The fourth-order valence-corrected chi connectivity index (χ4v) is 1.93. The highest BCUT2D eigenvalue weighted by molar-refractivity contribution is 9.10. The first-order valence-corrected chi connectivity index (χ1v) is 6.53. The van der Waals surface area contributed by atoms with Crippen LogP contribution in [-0.4, -0.2) is 36.7 Å². The first-order valence-electron chi connectivity index (χ1n) is 5.74. The molecule has 1 amide bonds. The van der Waals surface area contributed by atoms with Crippen molar-refractivity contribution in [1.29, 1.82) is 0 Å². The number of halogens is 1. The predicted molar refractivity (Wildman–Crippen MR) is 74.3 cm³/mol. The van der Waals surface area contributed by atoms with E-state index in [1.807, 2.05) is 6.07 Å². The number of rotatable bonds is 6. The van der Waals surface area contributed by atoms with Crippen LogP contribution in [0.3, 0.4) is 0 Å². The molecule has 0 aliphatic heterocycles. The summed E-state index contributed by atoms with van der Waals surface area (Å²) in [6.07, 6.45) is 0.227. The van der Waals surface area contributed by atoms with E-state index in [1.54, 1.807) is 19.1 Å². The maximum atomic E-state index is 12.1. The van der Waals surface area contributed by atoms with E-state index >= 15 is 0 Å². The molecule has 6 heteroatoms. The molecule has 0 fully saturated rings. The Balaban J connectivity index is 2.81. The summed E-state index contributed by atoms with van der Waals surface area (Å²) >= 11 is 3.29. The van der Waals surface area contributed by atoms with Gasteiger partial charge in [-0.15, -0.1) is 0 Å². The lowest BCUT2D eigenvalue weighted by molar-refractivity contribution is -0.139. The number of hydrogen-bond acceptors (Lipinski definition) is 3. The quantitative estimate of drug-likeness (QED) is 0.836. The zero-order chi connectivity index (χ0) is 14.4. The van der Waals surface area contributed by atoms with Gasteiger partial charge >= 0.3 is 5.97 Å². The Kier molecular flexibility index (Phi) is 5.98. The SMILES string of the molecule is COCCC(NC(=O)c1cc(Br)ccc1C)C(=O)O. The normalized spacial score (nSPS) is 11.9. The van der Waals surface area contributed by atoms with Crippen molar-refractivity contribution in [3.05, 3.63) is 33.8 Å². The van der Waals surface area contributed by atoms with Crippen molar-refractivity contribution in [2.45, 2.75) is 19.4 Å². The second-order valence-electron chi connectivity index (χ2n) is 4.11. The average Bonchev–Trinajstić information content (AvgIpc) is 2.36. The molecule has 5 nitrogen and oxygen atoms in total. The van der Waals surface area contributed by atoms with E-state index in [1.165, 1.54) is 7.11 Å². The number of amides is 1. The highest BCUT2D eigenvalue weighted by atomic mass is 79.9. The molecule has 1 rings (SSSR count). The molecule has 0 aromatic heterocycles. The van der Waals surface area contributed by atoms with Crippen molar-refractivity contribution in [3.8, 4) is 0 Å². The van der Waals surface area contributed by atoms with Crippen LogP contribution in [0.15, 0.2) is 22.7 Å². The summed E-state index contributed by atoms with van der Waals surface area (Å²) in [6.45, 7) is 2.07. The minimum atomic E-state index is -1.07. The van der Waals surface area contributed by atoms with Crippen LogP contribution < -0.4 is 5.32 Å². The Morgan fingerprint density at radius 3 is 2.74 bits per heavy atom. The summed E-state index contributed by atoms with van der Waals surface area (Å²) in [4.78, 5) is 23.1. The number of hydrogen-bond donors (Lipinski definition) is 2. The van der Waals surface area contributed by atoms with Crippen LogP contribution in [0.25, 0.3) is 0 Å². The summed E-state index contributed by atoms with van der Waals surface area (Å²) in [5.74, 6) is -1.47. The number of carboxylic acids is 1. The van der Waals surface area contributed by atoms with Crippen molar-refractivity contribution < 1.29 is 19.4 Å². The topological polar surface area (TPSA) is 75.6 Å². The van der Waals surface area contributed by atoms with Crippen molar-refractivity contribution in [1.82, 2.24) is 5.32 Å². The van der Waals surface area contributed by atoms with Gasteiger partial charge in [0.2, 0.25) is 0 Å². The van der Waals surface area contributed by atoms with Crippen molar-refractivity contribution in [2.24, 2.45) is 0 Å². The number of carboxylic acid groups (broad SMARTS) is 1. The second kappa shape index (κ2) is 7.25. The Bertz CT molecular complexity index is 476. The fourth-order valence-electron chi connectivity index (χ4n) is 1.57. The van der Waals surface area contributed by atoms with E-state index in [-0.39, 0.29) is 13.0 Å². The van der Waals surface area contributed by atoms with Crippen LogP contribution in [0.5, 0.6) is 0 Å². The Morgan fingerprint density at radius 2 is 2.16 bits per heavy atom. The summed E-state index contributed by atoms with van der Waals surface area (Å²) in [5.41, 5.74) is 1.25. The number of nitrogens with one attached hydrogen (secondary N) is 1. The number of ether oxygens (including phenoxy) is 1. The molecule has 0 heterocycles. The molecule has 2 N–H and O–H groups in total. The molecule has 19 heavy (non-hydrogen) atoms. The van der Waals surface area contributed by atoms with Gasteiger partial charge in [0.05, 0.1) is 0 Å². The molecule has 0 spiro atoms. The summed E-state index contributed by atoms with van der Waals surface area (Å²) in [5, 5.41) is 11.5. The Morgan fingerprint density at radius 1 is 1.47 bits per heavy atom. The number of aryl methyl sites for hydroxylation is 1. The van der Waals surface area contributed by atoms with Gasteiger partial charge in [0.1, 0.15) is 6.04 Å². The van der Waals surface area contributed by atoms with Crippen molar-refractivity contribution in [2.75, 3.05) is 13.7 Å². The molecular weight excluding hydrogens is 314 g/mol. The van der Waals surface area contributed by atoms with Crippen LogP contribution in [-0.2, 0) is 9.53 Å². The third kappa shape index (κ3) is 4.65. The number of carbonyl (C=O) groups is 2. The van der Waals surface area contributed by atoms with E-state index in [2.05, 4.69) is 21.2 Å². The fraction of sp³-hybridized carbons (Fsp3) is 0.385. The lowest BCUT2D eigenvalue weighted by Gasteiger charge is -2.15. The summed E-state index contributed by atoms with van der Waals surface area (Å²) in [7, 11) is 1.49. The Labute approximate surface area is 120 Å². The van der Waals surface area contributed by atoms with Gasteiger partial charge in [0.15, 0.2) is 0 Å². The molecule has 1 aromatic rings. The second-order valence-corrected chi connectivity index (χ2v) is 5.02. The predicted octanol–water partition coefficient (Wildman–Crippen LogP) is 1.98. The van der Waals surface area contributed by atoms with Crippen molar-refractivity contribution >= 4 is 27.8 Å². The minimum absolute atomic E-state index is 0.227.